The van der Waals surface area contributed by atoms with Crippen LogP contribution in [0.15, 0.2) is 0 Å². The Morgan fingerprint density at radius 1 is 1.25 bits per heavy atom. The van der Waals surface area contributed by atoms with Crippen LogP contribution in [-0.4, -0.2) is 37.2 Å². The lowest BCUT2D eigenvalue weighted by Crippen LogP contribution is -2.29. The van der Waals surface area contributed by atoms with Crippen LogP contribution in [0.2, 0.25) is 0 Å². The highest BCUT2D eigenvalue weighted by Gasteiger charge is 2.29. The van der Waals surface area contributed by atoms with Gasteiger partial charge in [-0.1, -0.05) is 6.92 Å². The Labute approximate surface area is 101 Å². The second-order valence-corrected chi connectivity index (χ2v) is 5.70. The van der Waals surface area contributed by atoms with Gasteiger partial charge in [-0.3, -0.25) is 9.59 Å². The van der Waals surface area contributed by atoms with Crippen molar-refractivity contribution in [1.82, 2.24) is 0 Å². The highest BCUT2D eigenvalue weighted by atomic mass is 32.2. The Kier molecular flexibility index (Phi) is 6.48. The minimum atomic E-state index is -0.524. The molecule has 94 valence electrons. The Bertz CT molecular complexity index is 250. The maximum atomic E-state index is 11.4. The van der Waals surface area contributed by atoms with Crippen LogP contribution >= 0.6 is 11.8 Å². The fourth-order valence-electron chi connectivity index (χ4n) is 1.06. The van der Waals surface area contributed by atoms with Gasteiger partial charge in [-0.2, -0.15) is 11.8 Å². The second kappa shape index (κ2) is 6.78. The molecule has 0 aromatic heterocycles. The van der Waals surface area contributed by atoms with Crippen LogP contribution in [0.1, 0.15) is 27.2 Å². The number of hydrogen-bond donors (Lipinski definition) is 0. The third-order valence-electron chi connectivity index (χ3n) is 2.15. The van der Waals surface area contributed by atoms with E-state index in [1.165, 1.54) is 14.2 Å². The molecule has 16 heavy (non-hydrogen) atoms. The lowest BCUT2D eigenvalue weighted by molar-refractivity contribution is -0.149. The van der Waals surface area contributed by atoms with Gasteiger partial charge in [-0.15, -0.1) is 0 Å². The maximum absolute atomic E-state index is 11.4. The van der Waals surface area contributed by atoms with Crippen molar-refractivity contribution in [1.29, 1.82) is 0 Å². The maximum Gasteiger partial charge on any atom is 0.312 e. The molecule has 5 heteroatoms. The standard InChI is InChI=1S/C11H20O4S/c1-8(6-9(12)14-4)16-7-11(2,3)10(13)15-5/h8H,6-7H2,1-5H3. The summed E-state index contributed by atoms with van der Waals surface area (Å²) in [6, 6.07) is 0. The summed E-state index contributed by atoms with van der Waals surface area (Å²) in [6.45, 7) is 5.60. The SMILES string of the molecule is COC(=O)CC(C)SCC(C)(C)C(=O)OC. The molecule has 1 unspecified atom stereocenters. The van der Waals surface area contributed by atoms with E-state index in [9.17, 15) is 9.59 Å². The minimum absolute atomic E-state index is 0.136. The van der Waals surface area contributed by atoms with E-state index in [1.54, 1.807) is 11.8 Å². The first-order valence-corrected chi connectivity index (χ1v) is 6.15. The van der Waals surface area contributed by atoms with Crippen LogP contribution in [0.3, 0.4) is 0 Å². The first-order chi connectivity index (χ1) is 7.33. The molecule has 4 nitrogen and oxygen atoms in total. The van der Waals surface area contributed by atoms with E-state index >= 15 is 0 Å². The number of rotatable bonds is 6. The Morgan fingerprint density at radius 2 is 1.81 bits per heavy atom. The molecule has 0 aliphatic heterocycles. The molecule has 0 aromatic carbocycles. The van der Waals surface area contributed by atoms with Crippen LogP contribution in [0.5, 0.6) is 0 Å². The van der Waals surface area contributed by atoms with Crippen LogP contribution < -0.4 is 0 Å². The van der Waals surface area contributed by atoms with Gasteiger partial charge in [0.2, 0.25) is 0 Å². The summed E-state index contributed by atoms with van der Waals surface area (Å²) in [5.74, 6) is 0.166. The molecule has 0 N–H and O–H groups in total. The number of thioether (sulfide) groups is 1. The molecule has 0 heterocycles. The lowest BCUT2D eigenvalue weighted by atomic mass is 9.97. The van der Waals surface area contributed by atoms with Gasteiger partial charge in [0, 0.05) is 11.0 Å². The Balaban J connectivity index is 4.04. The number of carbonyl (C=O) groups is 2. The van der Waals surface area contributed by atoms with Gasteiger partial charge < -0.3 is 9.47 Å². The summed E-state index contributed by atoms with van der Waals surface area (Å²) in [6.07, 6.45) is 0.360. The van der Waals surface area contributed by atoms with E-state index in [0.29, 0.717) is 12.2 Å². The smallest absolute Gasteiger partial charge is 0.312 e. The topological polar surface area (TPSA) is 52.6 Å². The van der Waals surface area contributed by atoms with Crippen LogP contribution in [0, 0.1) is 5.41 Å². The summed E-state index contributed by atoms with van der Waals surface area (Å²) in [4.78, 5) is 22.4. The van der Waals surface area contributed by atoms with Crippen LogP contribution in [-0.2, 0) is 19.1 Å². The molecule has 0 fully saturated rings. The lowest BCUT2D eigenvalue weighted by Gasteiger charge is -2.22. The van der Waals surface area contributed by atoms with Crippen molar-refractivity contribution in [3.63, 3.8) is 0 Å². The average Bonchev–Trinajstić information content (AvgIpc) is 2.25. The van der Waals surface area contributed by atoms with Crippen molar-refractivity contribution in [3.8, 4) is 0 Å². The second-order valence-electron chi connectivity index (χ2n) is 4.28. The number of methoxy groups -OCH3 is 2. The molecule has 0 rings (SSSR count). The summed E-state index contributed by atoms with van der Waals surface area (Å²) >= 11 is 1.57. The molecule has 1 atom stereocenters. The van der Waals surface area contributed by atoms with Gasteiger partial charge in [0.25, 0.3) is 0 Å². The van der Waals surface area contributed by atoms with E-state index in [4.69, 9.17) is 4.74 Å². The Morgan fingerprint density at radius 3 is 2.25 bits per heavy atom. The van der Waals surface area contributed by atoms with Gasteiger partial charge in [-0.25, -0.2) is 0 Å². The highest BCUT2D eigenvalue weighted by molar-refractivity contribution is 7.99. The summed E-state index contributed by atoms with van der Waals surface area (Å²) in [7, 11) is 2.75. The Hall–Kier alpha value is -0.710. The minimum Gasteiger partial charge on any atom is -0.469 e. The zero-order valence-electron chi connectivity index (χ0n) is 10.5. The summed E-state index contributed by atoms with van der Waals surface area (Å²) in [5.41, 5.74) is -0.524. The van der Waals surface area contributed by atoms with Crippen molar-refractivity contribution in [3.05, 3.63) is 0 Å². The largest absolute Gasteiger partial charge is 0.469 e. The van der Waals surface area contributed by atoms with E-state index in [0.717, 1.165) is 0 Å². The molecule has 0 saturated heterocycles. The number of hydrogen-bond acceptors (Lipinski definition) is 5. The molecule has 0 aliphatic rings. The molecule has 0 aromatic rings. The van der Waals surface area contributed by atoms with Crippen LogP contribution in [0.25, 0.3) is 0 Å². The van der Waals surface area contributed by atoms with Gasteiger partial charge in [0.1, 0.15) is 0 Å². The molecular weight excluding hydrogens is 228 g/mol. The number of esters is 2. The number of carbonyl (C=O) groups excluding carboxylic acids is 2. The zero-order chi connectivity index (χ0) is 12.8. The first-order valence-electron chi connectivity index (χ1n) is 5.10. The monoisotopic (exact) mass is 248 g/mol. The first kappa shape index (κ1) is 15.3. The fourth-order valence-corrected chi connectivity index (χ4v) is 2.14. The predicted molar refractivity (Wildman–Crippen MR) is 64.4 cm³/mol. The molecular formula is C11H20O4S. The number of ether oxygens (including phenoxy) is 2. The third-order valence-corrected chi connectivity index (χ3v) is 3.77. The summed E-state index contributed by atoms with van der Waals surface area (Å²) in [5, 5.41) is 0.136. The van der Waals surface area contributed by atoms with Crippen molar-refractivity contribution >= 4 is 23.7 Å². The van der Waals surface area contributed by atoms with Crippen LogP contribution in [0.4, 0.5) is 0 Å². The fraction of sp³-hybridized carbons (Fsp3) is 0.818. The van der Waals surface area contributed by atoms with Crippen molar-refractivity contribution in [2.45, 2.75) is 32.4 Å². The van der Waals surface area contributed by atoms with Crippen molar-refractivity contribution in [2.24, 2.45) is 5.41 Å². The van der Waals surface area contributed by atoms with Gasteiger partial charge >= 0.3 is 11.9 Å². The zero-order valence-corrected chi connectivity index (χ0v) is 11.3. The quantitative estimate of drug-likeness (QED) is 0.672. The highest BCUT2D eigenvalue weighted by Crippen LogP contribution is 2.27. The van der Waals surface area contributed by atoms with E-state index in [1.807, 2.05) is 20.8 Å². The van der Waals surface area contributed by atoms with Gasteiger partial charge in [-0.05, 0) is 13.8 Å². The van der Waals surface area contributed by atoms with Gasteiger partial charge in [0.05, 0.1) is 26.1 Å². The third kappa shape index (κ3) is 5.39. The van der Waals surface area contributed by atoms with Crippen molar-refractivity contribution < 1.29 is 19.1 Å². The molecule has 0 spiro atoms. The average molecular weight is 248 g/mol. The molecule has 0 aliphatic carbocycles. The predicted octanol–water partition coefficient (Wildman–Crippen LogP) is 1.87. The summed E-state index contributed by atoms with van der Waals surface area (Å²) < 4.78 is 9.28. The van der Waals surface area contributed by atoms with Gasteiger partial charge in [0.15, 0.2) is 0 Å². The molecule has 0 saturated carbocycles. The van der Waals surface area contributed by atoms with E-state index in [2.05, 4.69) is 4.74 Å². The van der Waals surface area contributed by atoms with E-state index in [-0.39, 0.29) is 17.2 Å². The molecule has 0 radical (unpaired) electrons. The normalized spacial score (nSPS) is 13.1. The van der Waals surface area contributed by atoms with Crippen molar-refractivity contribution in [2.75, 3.05) is 20.0 Å². The molecule has 0 amide bonds. The molecule has 0 bridgehead atoms. The van der Waals surface area contributed by atoms with E-state index < -0.39 is 5.41 Å².